The zero-order valence-corrected chi connectivity index (χ0v) is 12.9. The lowest BCUT2D eigenvalue weighted by atomic mass is 9.94. The van der Waals surface area contributed by atoms with E-state index < -0.39 is 0 Å². The molecule has 1 aromatic heterocycles. The highest BCUT2D eigenvalue weighted by Gasteiger charge is 2.15. The molecule has 3 nitrogen and oxygen atoms in total. The molecule has 0 saturated carbocycles. The molecular formula is C18H25N3. The lowest BCUT2D eigenvalue weighted by Gasteiger charge is -2.28. The third-order valence-corrected chi connectivity index (χ3v) is 4.63. The topological polar surface area (TPSA) is 28.2 Å². The third kappa shape index (κ3) is 3.80. The van der Waals surface area contributed by atoms with E-state index in [0.717, 1.165) is 19.0 Å². The van der Waals surface area contributed by atoms with Crippen LogP contribution in [-0.4, -0.2) is 36.6 Å². The fraction of sp³-hybridized carbons (Fsp3) is 0.500. The van der Waals surface area contributed by atoms with Gasteiger partial charge in [-0.3, -0.25) is 4.98 Å². The molecule has 0 radical (unpaired) electrons. The molecule has 0 bridgehead atoms. The second-order valence-electron chi connectivity index (χ2n) is 6.23. The van der Waals surface area contributed by atoms with Gasteiger partial charge in [-0.05, 0) is 62.8 Å². The minimum absolute atomic E-state index is 0.902. The zero-order valence-electron chi connectivity index (χ0n) is 12.9. The second kappa shape index (κ2) is 7.01. The number of likely N-dealkylation sites (tertiary alicyclic amines) is 1. The Morgan fingerprint density at radius 3 is 2.86 bits per heavy atom. The number of nitrogens with zero attached hydrogens (tertiary/aromatic N) is 2. The van der Waals surface area contributed by atoms with Crippen LogP contribution in [0, 0.1) is 5.92 Å². The van der Waals surface area contributed by atoms with E-state index in [-0.39, 0.29) is 0 Å². The van der Waals surface area contributed by atoms with Crippen LogP contribution in [0.2, 0.25) is 0 Å². The average Bonchev–Trinajstić information content (AvgIpc) is 2.53. The minimum Gasteiger partial charge on any atom is -0.313 e. The molecule has 0 unspecified atom stereocenters. The number of pyridine rings is 1. The molecule has 0 aliphatic carbocycles. The monoisotopic (exact) mass is 283 g/mol. The summed E-state index contributed by atoms with van der Waals surface area (Å²) in [7, 11) is 2.22. The van der Waals surface area contributed by atoms with E-state index in [1.54, 1.807) is 0 Å². The Morgan fingerprint density at radius 1 is 1.19 bits per heavy atom. The van der Waals surface area contributed by atoms with Crippen molar-refractivity contribution >= 4 is 10.8 Å². The molecule has 21 heavy (non-hydrogen) atoms. The summed E-state index contributed by atoms with van der Waals surface area (Å²) in [5, 5.41) is 6.15. The Kier molecular flexibility index (Phi) is 4.84. The summed E-state index contributed by atoms with van der Waals surface area (Å²) in [5.41, 5.74) is 1.30. The van der Waals surface area contributed by atoms with Gasteiger partial charge in [0.2, 0.25) is 0 Å². The van der Waals surface area contributed by atoms with E-state index in [2.05, 4.69) is 46.5 Å². The van der Waals surface area contributed by atoms with Gasteiger partial charge >= 0.3 is 0 Å². The van der Waals surface area contributed by atoms with Gasteiger partial charge in [-0.2, -0.15) is 0 Å². The van der Waals surface area contributed by atoms with Gasteiger partial charge in [0, 0.05) is 24.3 Å². The van der Waals surface area contributed by atoms with Crippen molar-refractivity contribution in [3.05, 3.63) is 42.2 Å². The SMILES string of the molecule is CN1CCC(CCNCc2cncc3ccccc23)CC1. The predicted octanol–water partition coefficient (Wildman–Crippen LogP) is 3.06. The van der Waals surface area contributed by atoms with Crippen LogP contribution in [-0.2, 0) is 6.54 Å². The molecule has 3 rings (SSSR count). The summed E-state index contributed by atoms with van der Waals surface area (Å²) < 4.78 is 0. The van der Waals surface area contributed by atoms with Gasteiger partial charge in [0.1, 0.15) is 0 Å². The molecule has 0 amide bonds. The highest BCUT2D eigenvalue weighted by atomic mass is 15.1. The highest BCUT2D eigenvalue weighted by molar-refractivity contribution is 5.84. The van der Waals surface area contributed by atoms with Gasteiger partial charge in [0.05, 0.1) is 0 Å². The van der Waals surface area contributed by atoms with E-state index in [0.29, 0.717) is 0 Å². The molecule has 1 aliphatic rings. The van der Waals surface area contributed by atoms with Crippen molar-refractivity contribution in [2.75, 3.05) is 26.7 Å². The van der Waals surface area contributed by atoms with E-state index >= 15 is 0 Å². The van der Waals surface area contributed by atoms with Crippen LogP contribution >= 0.6 is 0 Å². The van der Waals surface area contributed by atoms with Crippen LogP contribution in [0.4, 0.5) is 0 Å². The summed E-state index contributed by atoms with van der Waals surface area (Å²) in [4.78, 5) is 6.78. The maximum absolute atomic E-state index is 4.34. The van der Waals surface area contributed by atoms with E-state index in [9.17, 15) is 0 Å². The molecule has 1 aromatic carbocycles. The van der Waals surface area contributed by atoms with Crippen molar-refractivity contribution in [2.24, 2.45) is 5.92 Å². The van der Waals surface area contributed by atoms with Gasteiger partial charge in [0.15, 0.2) is 0 Å². The maximum Gasteiger partial charge on any atom is 0.0346 e. The van der Waals surface area contributed by atoms with Gasteiger partial charge in [0.25, 0.3) is 0 Å². The number of hydrogen-bond donors (Lipinski definition) is 1. The number of fused-ring (bicyclic) bond motifs is 1. The maximum atomic E-state index is 4.34. The standard InChI is InChI=1S/C18H25N3/c1-21-10-7-15(8-11-21)6-9-19-13-17-14-20-12-16-4-2-3-5-18(16)17/h2-5,12,14-15,19H,6-11,13H2,1H3. The molecular weight excluding hydrogens is 258 g/mol. The second-order valence-corrected chi connectivity index (χ2v) is 6.23. The van der Waals surface area contributed by atoms with Crippen molar-refractivity contribution in [1.82, 2.24) is 15.2 Å². The molecule has 2 aromatic rings. The normalized spacial score (nSPS) is 17.4. The first-order valence-electron chi connectivity index (χ1n) is 8.04. The van der Waals surface area contributed by atoms with Gasteiger partial charge in [-0.1, -0.05) is 24.3 Å². The van der Waals surface area contributed by atoms with Crippen LogP contribution in [0.5, 0.6) is 0 Å². The number of rotatable bonds is 5. The Balaban J connectivity index is 1.48. The Hall–Kier alpha value is -1.45. The summed E-state index contributed by atoms with van der Waals surface area (Å²) in [6, 6.07) is 8.49. The van der Waals surface area contributed by atoms with Crippen LogP contribution in [0.25, 0.3) is 10.8 Å². The number of piperidine rings is 1. The summed E-state index contributed by atoms with van der Waals surface area (Å²) in [6.07, 6.45) is 7.94. The van der Waals surface area contributed by atoms with Crippen molar-refractivity contribution in [3.63, 3.8) is 0 Å². The number of aromatic nitrogens is 1. The molecule has 0 spiro atoms. The number of benzene rings is 1. The molecule has 112 valence electrons. The number of nitrogens with one attached hydrogen (secondary N) is 1. The molecule has 1 N–H and O–H groups in total. The van der Waals surface area contributed by atoms with Crippen molar-refractivity contribution in [2.45, 2.75) is 25.8 Å². The molecule has 1 aliphatic heterocycles. The lowest BCUT2D eigenvalue weighted by Crippen LogP contribution is -2.31. The summed E-state index contributed by atoms with van der Waals surface area (Å²) >= 11 is 0. The molecule has 2 heterocycles. The van der Waals surface area contributed by atoms with Gasteiger partial charge in [-0.15, -0.1) is 0 Å². The van der Waals surface area contributed by atoms with E-state index in [1.807, 2.05) is 12.4 Å². The van der Waals surface area contributed by atoms with E-state index in [1.165, 1.54) is 48.7 Å². The smallest absolute Gasteiger partial charge is 0.0346 e. The summed E-state index contributed by atoms with van der Waals surface area (Å²) in [5.74, 6) is 0.902. The molecule has 1 fully saturated rings. The highest BCUT2D eigenvalue weighted by Crippen LogP contribution is 2.19. The molecule has 1 saturated heterocycles. The molecule has 0 atom stereocenters. The quantitative estimate of drug-likeness (QED) is 0.855. The third-order valence-electron chi connectivity index (χ3n) is 4.63. The van der Waals surface area contributed by atoms with Crippen molar-refractivity contribution < 1.29 is 0 Å². The van der Waals surface area contributed by atoms with Gasteiger partial charge in [-0.25, -0.2) is 0 Å². The Bertz CT molecular complexity index is 568. The zero-order chi connectivity index (χ0) is 14.5. The predicted molar refractivity (Wildman–Crippen MR) is 88.3 cm³/mol. The Morgan fingerprint density at radius 2 is 2.00 bits per heavy atom. The van der Waals surface area contributed by atoms with Crippen LogP contribution in [0.1, 0.15) is 24.8 Å². The van der Waals surface area contributed by atoms with Crippen LogP contribution < -0.4 is 5.32 Å². The first kappa shape index (κ1) is 14.5. The van der Waals surface area contributed by atoms with Gasteiger partial charge < -0.3 is 10.2 Å². The first-order valence-corrected chi connectivity index (χ1v) is 8.04. The number of hydrogen-bond acceptors (Lipinski definition) is 3. The average molecular weight is 283 g/mol. The minimum atomic E-state index is 0.902. The van der Waals surface area contributed by atoms with Crippen molar-refractivity contribution in [3.8, 4) is 0 Å². The molecule has 3 heteroatoms. The van der Waals surface area contributed by atoms with E-state index in [4.69, 9.17) is 0 Å². The van der Waals surface area contributed by atoms with Crippen LogP contribution in [0.15, 0.2) is 36.7 Å². The van der Waals surface area contributed by atoms with Crippen molar-refractivity contribution in [1.29, 1.82) is 0 Å². The largest absolute Gasteiger partial charge is 0.313 e. The summed E-state index contributed by atoms with van der Waals surface area (Å²) in [6.45, 7) is 4.55. The lowest BCUT2D eigenvalue weighted by molar-refractivity contribution is 0.211. The Labute approximate surface area is 127 Å². The first-order chi connectivity index (χ1) is 10.3. The van der Waals surface area contributed by atoms with Crippen LogP contribution in [0.3, 0.4) is 0 Å². The fourth-order valence-corrected chi connectivity index (χ4v) is 3.20. The fourth-order valence-electron chi connectivity index (χ4n) is 3.20.